The fourth-order valence-electron chi connectivity index (χ4n) is 1.70. The van der Waals surface area contributed by atoms with E-state index in [0.29, 0.717) is 0 Å². The molecule has 2 rings (SSSR count). The minimum absolute atomic E-state index is 1.16. The molecule has 0 atom stereocenters. The average Bonchev–Trinajstić information content (AvgIpc) is 2.61. The monoisotopic (exact) mass is 201 g/mol. The highest BCUT2D eigenvalue weighted by molar-refractivity contribution is 5.64. The van der Waals surface area contributed by atoms with Crippen LogP contribution in [0.1, 0.15) is 5.69 Å². The fraction of sp³-hybridized carbons (Fsp3) is 0.250. The third-order valence-corrected chi connectivity index (χ3v) is 2.45. The molecule has 0 saturated carbocycles. The van der Waals surface area contributed by atoms with Gasteiger partial charge in [0, 0.05) is 19.7 Å². The van der Waals surface area contributed by atoms with E-state index >= 15 is 0 Å². The second kappa shape index (κ2) is 3.77. The van der Waals surface area contributed by atoms with Gasteiger partial charge in [-0.25, -0.2) is 0 Å². The summed E-state index contributed by atoms with van der Waals surface area (Å²) in [7, 11) is 3.96. The molecule has 0 aliphatic heterocycles. The zero-order valence-corrected chi connectivity index (χ0v) is 9.31. The molecule has 2 aromatic rings. The van der Waals surface area contributed by atoms with Crippen LogP contribution in [0, 0.1) is 6.92 Å². The highest BCUT2D eigenvalue weighted by Gasteiger charge is 2.08. The van der Waals surface area contributed by atoms with Crippen molar-refractivity contribution in [2.24, 2.45) is 0 Å². The molecule has 0 aliphatic carbocycles. The molecule has 0 fully saturated rings. The van der Waals surface area contributed by atoms with Gasteiger partial charge < -0.3 is 5.01 Å². The molecule has 0 spiro atoms. The maximum Gasteiger partial charge on any atom is 0.0669 e. The molecular weight excluding hydrogens is 186 g/mol. The van der Waals surface area contributed by atoms with Gasteiger partial charge in [0.05, 0.1) is 11.9 Å². The Bertz CT molecular complexity index is 443. The quantitative estimate of drug-likeness (QED) is 0.741. The van der Waals surface area contributed by atoms with E-state index in [1.807, 2.05) is 48.3 Å². The fourth-order valence-corrected chi connectivity index (χ4v) is 1.70. The molecule has 0 unspecified atom stereocenters. The van der Waals surface area contributed by atoms with E-state index in [0.717, 1.165) is 5.69 Å². The van der Waals surface area contributed by atoms with Crippen molar-refractivity contribution in [3.63, 3.8) is 0 Å². The number of aromatic nitrogens is 2. The summed E-state index contributed by atoms with van der Waals surface area (Å²) in [6.07, 6.45) is 1.91. The van der Waals surface area contributed by atoms with Crippen molar-refractivity contribution in [2.45, 2.75) is 6.92 Å². The molecule has 0 saturated heterocycles. The van der Waals surface area contributed by atoms with Crippen molar-refractivity contribution < 1.29 is 0 Å². The highest BCUT2D eigenvalue weighted by Crippen LogP contribution is 2.22. The maximum absolute atomic E-state index is 4.33. The number of hydrogen-bond donors (Lipinski definition) is 0. The van der Waals surface area contributed by atoms with Gasteiger partial charge in [-0.15, -0.1) is 0 Å². The predicted octanol–water partition coefficient (Wildman–Crippen LogP) is 2.06. The molecule has 1 heterocycles. The summed E-state index contributed by atoms with van der Waals surface area (Å²) in [5.41, 5.74) is 3.55. The molecule has 0 amide bonds. The molecule has 3 heteroatoms. The summed E-state index contributed by atoms with van der Waals surface area (Å²) in [6, 6.07) is 10.3. The third-order valence-electron chi connectivity index (χ3n) is 2.45. The van der Waals surface area contributed by atoms with Gasteiger partial charge >= 0.3 is 0 Å². The molecule has 78 valence electrons. The van der Waals surface area contributed by atoms with E-state index in [1.165, 1.54) is 11.1 Å². The Morgan fingerprint density at radius 1 is 1.13 bits per heavy atom. The van der Waals surface area contributed by atoms with Crippen LogP contribution in [0.15, 0.2) is 36.5 Å². The predicted molar refractivity (Wildman–Crippen MR) is 62.5 cm³/mol. The first-order valence-electron chi connectivity index (χ1n) is 4.98. The molecule has 0 N–H and O–H groups in total. The first-order chi connectivity index (χ1) is 7.20. The number of hydrogen-bond acceptors (Lipinski definition) is 2. The second-order valence-electron chi connectivity index (χ2n) is 3.75. The Morgan fingerprint density at radius 2 is 1.80 bits per heavy atom. The molecule has 0 bridgehead atoms. The van der Waals surface area contributed by atoms with Crippen molar-refractivity contribution in [1.82, 2.24) is 9.89 Å². The van der Waals surface area contributed by atoms with Crippen molar-refractivity contribution in [3.05, 3.63) is 42.2 Å². The van der Waals surface area contributed by atoms with Gasteiger partial charge in [0.1, 0.15) is 0 Å². The standard InChI is InChI=1S/C12H15N3/c1-10-12(9-13-15(10)14(2)3)11-7-5-4-6-8-11/h4-9H,1-3H3. The van der Waals surface area contributed by atoms with Gasteiger partial charge in [-0.1, -0.05) is 30.3 Å². The van der Waals surface area contributed by atoms with Crippen LogP contribution in [-0.4, -0.2) is 24.0 Å². The number of rotatable bonds is 2. The van der Waals surface area contributed by atoms with Crippen molar-refractivity contribution in [2.75, 3.05) is 19.1 Å². The van der Waals surface area contributed by atoms with Crippen LogP contribution in [-0.2, 0) is 0 Å². The van der Waals surface area contributed by atoms with Crippen molar-refractivity contribution >= 4 is 0 Å². The normalized spacial score (nSPS) is 10.3. The van der Waals surface area contributed by atoms with E-state index in [4.69, 9.17) is 0 Å². The van der Waals surface area contributed by atoms with Crippen LogP contribution in [0.25, 0.3) is 11.1 Å². The van der Waals surface area contributed by atoms with Crippen LogP contribution >= 0.6 is 0 Å². The largest absolute Gasteiger partial charge is 0.303 e. The summed E-state index contributed by atoms with van der Waals surface area (Å²) < 4.78 is 0. The van der Waals surface area contributed by atoms with E-state index in [9.17, 15) is 0 Å². The Morgan fingerprint density at radius 3 is 2.33 bits per heavy atom. The van der Waals surface area contributed by atoms with Gasteiger partial charge in [0.2, 0.25) is 0 Å². The lowest BCUT2D eigenvalue weighted by molar-refractivity contribution is 0.621. The molecule has 15 heavy (non-hydrogen) atoms. The van der Waals surface area contributed by atoms with Gasteiger partial charge in [0.15, 0.2) is 0 Å². The highest BCUT2D eigenvalue weighted by atomic mass is 15.6. The molecule has 3 nitrogen and oxygen atoms in total. The zero-order valence-electron chi connectivity index (χ0n) is 9.31. The maximum atomic E-state index is 4.33. The van der Waals surface area contributed by atoms with Gasteiger partial charge in [0.25, 0.3) is 0 Å². The van der Waals surface area contributed by atoms with Crippen molar-refractivity contribution in [3.8, 4) is 11.1 Å². The van der Waals surface area contributed by atoms with Gasteiger partial charge in [-0.3, -0.25) is 0 Å². The molecule has 1 aromatic carbocycles. The van der Waals surface area contributed by atoms with Crippen LogP contribution in [0.4, 0.5) is 0 Å². The molecule has 0 radical (unpaired) electrons. The van der Waals surface area contributed by atoms with Crippen LogP contribution < -0.4 is 5.01 Å². The summed E-state index contributed by atoms with van der Waals surface area (Å²) in [6.45, 7) is 2.08. The smallest absolute Gasteiger partial charge is 0.0669 e. The van der Waals surface area contributed by atoms with Crippen LogP contribution in [0.2, 0.25) is 0 Å². The SMILES string of the molecule is Cc1c(-c2ccccc2)cnn1N(C)C. The van der Waals surface area contributed by atoms with E-state index < -0.39 is 0 Å². The summed E-state index contributed by atoms with van der Waals surface area (Å²) in [5.74, 6) is 0. The lowest BCUT2D eigenvalue weighted by atomic mass is 10.1. The van der Waals surface area contributed by atoms with Crippen LogP contribution in [0.3, 0.4) is 0 Å². The van der Waals surface area contributed by atoms with Gasteiger partial charge in [-0.05, 0) is 12.5 Å². The molecule has 1 aromatic heterocycles. The zero-order chi connectivity index (χ0) is 10.8. The Kier molecular flexibility index (Phi) is 2.46. The summed E-state index contributed by atoms with van der Waals surface area (Å²) in [4.78, 5) is 1.89. The van der Waals surface area contributed by atoms with Gasteiger partial charge in [-0.2, -0.15) is 9.89 Å². The van der Waals surface area contributed by atoms with E-state index in [-0.39, 0.29) is 0 Å². The first-order valence-corrected chi connectivity index (χ1v) is 4.98. The Hall–Kier alpha value is -1.77. The number of nitrogens with zero attached hydrogens (tertiary/aromatic N) is 3. The third kappa shape index (κ3) is 1.73. The second-order valence-corrected chi connectivity index (χ2v) is 3.75. The topological polar surface area (TPSA) is 21.1 Å². The molecular formula is C12H15N3. The van der Waals surface area contributed by atoms with E-state index in [1.54, 1.807) is 0 Å². The lowest BCUT2D eigenvalue weighted by Crippen LogP contribution is -2.27. The Balaban J connectivity index is 2.47. The minimum atomic E-state index is 1.16. The van der Waals surface area contributed by atoms with E-state index in [2.05, 4.69) is 24.2 Å². The summed E-state index contributed by atoms with van der Waals surface area (Å²) in [5, 5.41) is 6.29. The van der Waals surface area contributed by atoms with Crippen molar-refractivity contribution in [1.29, 1.82) is 0 Å². The molecule has 0 aliphatic rings. The first kappa shape index (κ1) is 9.77. The number of benzene rings is 1. The van der Waals surface area contributed by atoms with Crippen LogP contribution in [0.5, 0.6) is 0 Å². The summed E-state index contributed by atoms with van der Waals surface area (Å²) >= 11 is 0. The minimum Gasteiger partial charge on any atom is -0.303 e. The Labute approximate surface area is 89.9 Å². The lowest BCUT2D eigenvalue weighted by Gasteiger charge is -2.14. The average molecular weight is 201 g/mol.